The molecule has 0 spiro atoms. The van der Waals surface area contributed by atoms with E-state index in [9.17, 15) is 14.0 Å². The van der Waals surface area contributed by atoms with Gasteiger partial charge in [0, 0.05) is 26.6 Å². The highest BCUT2D eigenvalue weighted by atomic mass is 19.1. The quantitative estimate of drug-likeness (QED) is 0.846. The van der Waals surface area contributed by atoms with E-state index in [0.717, 1.165) is 5.56 Å². The smallest absolute Gasteiger partial charge is 0.228 e. The number of hydrogen-bond donors (Lipinski definition) is 0. The van der Waals surface area contributed by atoms with Crippen molar-refractivity contribution in [2.75, 3.05) is 13.6 Å². The third-order valence-electron chi connectivity index (χ3n) is 4.18. The number of furan rings is 1. The molecule has 0 unspecified atom stereocenters. The van der Waals surface area contributed by atoms with Crippen LogP contribution in [0.1, 0.15) is 17.7 Å². The Morgan fingerprint density at radius 3 is 2.92 bits per heavy atom. The summed E-state index contributed by atoms with van der Waals surface area (Å²) >= 11 is 0. The average molecular weight is 330 g/mol. The molecule has 2 aromatic rings. The lowest BCUT2D eigenvalue weighted by atomic mass is 10.1. The van der Waals surface area contributed by atoms with E-state index in [1.54, 1.807) is 47.4 Å². The van der Waals surface area contributed by atoms with Gasteiger partial charge in [-0.1, -0.05) is 12.1 Å². The summed E-state index contributed by atoms with van der Waals surface area (Å²) < 4.78 is 18.5. The second-order valence-corrected chi connectivity index (χ2v) is 6.08. The fraction of sp³-hybridized carbons (Fsp3) is 0.333. The molecule has 6 heteroatoms. The predicted molar refractivity (Wildman–Crippen MR) is 85.1 cm³/mol. The third kappa shape index (κ3) is 3.64. The molecule has 0 aliphatic carbocycles. The van der Waals surface area contributed by atoms with Gasteiger partial charge in [-0.05, 0) is 29.8 Å². The van der Waals surface area contributed by atoms with Crippen LogP contribution < -0.4 is 0 Å². The second kappa shape index (κ2) is 6.86. The van der Waals surface area contributed by atoms with Crippen molar-refractivity contribution in [2.45, 2.75) is 19.5 Å². The van der Waals surface area contributed by atoms with E-state index in [4.69, 9.17) is 4.42 Å². The van der Waals surface area contributed by atoms with Crippen LogP contribution in [0, 0.1) is 11.7 Å². The second-order valence-electron chi connectivity index (χ2n) is 6.08. The van der Waals surface area contributed by atoms with Crippen molar-refractivity contribution >= 4 is 11.8 Å². The highest BCUT2D eigenvalue weighted by Gasteiger charge is 2.35. The van der Waals surface area contributed by atoms with E-state index >= 15 is 0 Å². The van der Waals surface area contributed by atoms with Crippen molar-refractivity contribution in [3.8, 4) is 0 Å². The molecule has 2 heterocycles. The molecule has 1 aromatic heterocycles. The van der Waals surface area contributed by atoms with E-state index in [-0.39, 0.29) is 30.0 Å². The zero-order valence-electron chi connectivity index (χ0n) is 13.4. The summed E-state index contributed by atoms with van der Waals surface area (Å²) in [4.78, 5) is 27.8. The molecule has 5 nitrogen and oxygen atoms in total. The van der Waals surface area contributed by atoms with E-state index in [1.165, 1.54) is 12.1 Å². The Bertz CT molecular complexity index is 730. The Balaban J connectivity index is 1.59. The van der Waals surface area contributed by atoms with Gasteiger partial charge in [0.15, 0.2) is 0 Å². The van der Waals surface area contributed by atoms with Gasteiger partial charge in [-0.25, -0.2) is 4.39 Å². The largest absolute Gasteiger partial charge is 0.467 e. The standard InChI is InChI=1S/C18H19FN2O3/c1-20(10-13-4-2-5-15(19)8-13)18(23)14-9-17(22)21(11-14)12-16-6-3-7-24-16/h2-8,14H,9-12H2,1H3/t14-/m0/s1. The van der Waals surface area contributed by atoms with Gasteiger partial charge in [0.05, 0.1) is 18.7 Å². The summed E-state index contributed by atoms with van der Waals surface area (Å²) in [5.41, 5.74) is 0.725. The highest BCUT2D eigenvalue weighted by molar-refractivity contribution is 5.89. The molecule has 1 aromatic carbocycles. The van der Waals surface area contributed by atoms with Crippen molar-refractivity contribution in [1.29, 1.82) is 0 Å². The first-order chi connectivity index (χ1) is 11.5. The number of nitrogens with zero attached hydrogens (tertiary/aromatic N) is 2. The molecule has 1 saturated heterocycles. The molecular formula is C18H19FN2O3. The Morgan fingerprint density at radius 2 is 2.21 bits per heavy atom. The number of halogens is 1. The minimum Gasteiger partial charge on any atom is -0.467 e. The number of rotatable bonds is 5. The lowest BCUT2D eigenvalue weighted by Crippen LogP contribution is -2.34. The molecule has 1 fully saturated rings. The molecule has 1 atom stereocenters. The maximum absolute atomic E-state index is 13.2. The maximum Gasteiger partial charge on any atom is 0.228 e. The molecule has 0 bridgehead atoms. The summed E-state index contributed by atoms with van der Waals surface area (Å²) in [6, 6.07) is 9.74. The summed E-state index contributed by atoms with van der Waals surface area (Å²) in [6.45, 7) is 1.08. The summed E-state index contributed by atoms with van der Waals surface area (Å²) in [5.74, 6) is -0.150. The van der Waals surface area contributed by atoms with Gasteiger partial charge < -0.3 is 14.2 Å². The SMILES string of the molecule is CN(Cc1cccc(F)c1)C(=O)[C@H]1CC(=O)N(Cc2ccco2)C1. The molecule has 1 aliphatic rings. The van der Waals surface area contributed by atoms with E-state index in [1.807, 2.05) is 0 Å². The normalized spacial score (nSPS) is 17.3. The molecule has 3 rings (SSSR count). The molecule has 126 valence electrons. The van der Waals surface area contributed by atoms with Crippen LogP contribution in [0.4, 0.5) is 4.39 Å². The molecule has 1 aliphatic heterocycles. The summed E-state index contributed by atoms with van der Waals surface area (Å²) in [5, 5.41) is 0. The zero-order chi connectivity index (χ0) is 17.1. The lowest BCUT2D eigenvalue weighted by molar-refractivity contribution is -0.135. The van der Waals surface area contributed by atoms with Gasteiger partial charge >= 0.3 is 0 Å². The zero-order valence-corrected chi connectivity index (χ0v) is 13.4. The Morgan fingerprint density at radius 1 is 1.38 bits per heavy atom. The summed E-state index contributed by atoms with van der Waals surface area (Å²) in [6.07, 6.45) is 1.76. The molecule has 0 N–H and O–H groups in total. The van der Waals surface area contributed by atoms with Crippen LogP contribution in [0.25, 0.3) is 0 Å². The first-order valence-corrected chi connectivity index (χ1v) is 7.82. The summed E-state index contributed by atoms with van der Waals surface area (Å²) in [7, 11) is 1.67. The number of hydrogen-bond acceptors (Lipinski definition) is 3. The fourth-order valence-electron chi connectivity index (χ4n) is 2.98. The highest BCUT2D eigenvalue weighted by Crippen LogP contribution is 2.22. The van der Waals surface area contributed by atoms with E-state index < -0.39 is 0 Å². The number of benzene rings is 1. The molecular weight excluding hydrogens is 311 g/mol. The molecule has 0 saturated carbocycles. The van der Waals surface area contributed by atoms with Crippen LogP contribution in [0.2, 0.25) is 0 Å². The van der Waals surface area contributed by atoms with Crippen LogP contribution in [0.5, 0.6) is 0 Å². The lowest BCUT2D eigenvalue weighted by Gasteiger charge is -2.21. The molecule has 0 radical (unpaired) electrons. The number of carbonyl (C=O) groups excluding carboxylic acids is 2. The van der Waals surface area contributed by atoms with Crippen LogP contribution in [0.15, 0.2) is 47.1 Å². The minimum absolute atomic E-state index is 0.0519. The van der Waals surface area contributed by atoms with Crippen molar-refractivity contribution in [1.82, 2.24) is 9.80 Å². The van der Waals surface area contributed by atoms with Crippen LogP contribution in [-0.2, 0) is 22.7 Å². The Labute approximate surface area is 139 Å². The fourth-order valence-corrected chi connectivity index (χ4v) is 2.98. The Hall–Kier alpha value is -2.63. The van der Waals surface area contributed by atoms with Gasteiger partial charge in [0.1, 0.15) is 11.6 Å². The van der Waals surface area contributed by atoms with Crippen molar-refractivity contribution in [3.63, 3.8) is 0 Å². The molecule has 24 heavy (non-hydrogen) atoms. The first-order valence-electron chi connectivity index (χ1n) is 7.82. The number of likely N-dealkylation sites (tertiary alicyclic amines) is 1. The average Bonchev–Trinajstić information content (AvgIpc) is 3.17. The van der Waals surface area contributed by atoms with Crippen LogP contribution in [-0.4, -0.2) is 35.2 Å². The maximum atomic E-state index is 13.2. The Kier molecular flexibility index (Phi) is 4.64. The number of carbonyl (C=O) groups is 2. The van der Waals surface area contributed by atoms with Gasteiger partial charge in [-0.15, -0.1) is 0 Å². The van der Waals surface area contributed by atoms with Crippen molar-refractivity contribution in [3.05, 3.63) is 59.8 Å². The van der Waals surface area contributed by atoms with Gasteiger partial charge in [-0.2, -0.15) is 0 Å². The van der Waals surface area contributed by atoms with Crippen molar-refractivity contribution < 1.29 is 18.4 Å². The van der Waals surface area contributed by atoms with Gasteiger partial charge in [-0.3, -0.25) is 9.59 Å². The number of amides is 2. The van der Waals surface area contributed by atoms with E-state index in [2.05, 4.69) is 0 Å². The monoisotopic (exact) mass is 330 g/mol. The van der Waals surface area contributed by atoms with Gasteiger partial charge in [0.2, 0.25) is 11.8 Å². The first kappa shape index (κ1) is 16.2. The third-order valence-corrected chi connectivity index (χ3v) is 4.18. The predicted octanol–water partition coefficient (Wildman–Crippen LogP) is 2.43. The van der Waals surface area contributed by atoms with E-state index in [0.29, 0.717) is 25.4 Å². The van der Waals surface area contributed by atoms with Gasteiger partial charge in [0.25, 0.3) is 0 Å². The topological polar surface area (TPSA) is 53.8 Å². The minimum atomic E-state index is -0.369. The van der Waals surface area contributed by atoms with Crippen molar-refractivity contribution in [2.24, 2.45) is 5.92 Å². The van der Waals surface area contributed by atoms with Crippen LogP contribution in [0.3, 0.4) is 0 Å². The van der Waals surface area contributed by atoms with Crippen LogP contribution >= 0.6 is 0 Å². The molecule has 2 amide bonds.